The zero-order valence-corrected chi connectivity index (χ0v) is 14.3. The first kappa shape index (κ1) is 17.4. The Labute approximate surface area is 143 Å². The number of rotatable bonds is 5. The number of piperidine rings is 2. The largest absolute Gasteiger partial charge is 0.355 e. The van der Waals surface area contributed by atoms with Crippen molar-refractivity contribution < 1.29 is 9.18 Å². The molecule has 1 aromatic rings. The van der Waals surface area contributed by atoms with Gasteiger partial charge in [-0.05, 0) is 68.9 Å². The molecule has 2 atom stereocenters. The lowest BCUT2D eigenvalue weighted by Gasteiger charge is -2.32. The number of hydrogen-bond donors (Lipinski definition) is 2. The van der Waals surface area contributed by atoms with Crippen LogP contribution in [-0.2, 0) is 11.3 Å². The molecular weight excluding hydrogens is 305 g/mol. The molecule has 0 aromatic heterocycles. The van der Waals surface area contributed by atoms with Crippen LogP contribution in [0.2, 0.25) is 0 Å². The smallest absolute Gasteiger partial charge is 0.224 e. The van der Waals surface area contributed by atoms with Gasteiger partial charge in [0, 0.05) is 19.6 Å². The molecule has 1 amide bonds. The molecule has 0 aliphatic carbocycles. The Morgan fingerprint density at radius 3 is 3.04 bits per heavy atom. The Bertz CT molecular complexity index is 545. The first-order valence-corrected chi connectivity index (χ1v) is 9.16. The Morgan fingerprint density at radius 1 is 1.33 bits per heavy atom. The van der Waals surface area contributed by atoms with E-state index in [0.29, 0.717) is 12.5 Å². The van der Waals surface area contributed by atoms with Crippen LogP contribution in [0.15, 0.2) is 24.3 Å². The minimum Gasteiger partial charge on any atom is -0.355 e. The molecule has 2 N–H and O–H groups in total. The summed E-state index contributed by atoms with van der Waals surface area (Å²) in [7, 11) is 0. The second-order valence-electron chi connectivity index (χ2n) is 7.16. The topological polar surface area (TPSA) is 44.4 Å². The maximum atomic E-state index is 13.3. The summed E-state index contributed by atoms with van der Waals surface area (Å²) in [5.41, 5.74) is 0.976. The molecule has 2 aliphatic rings. The van der Waals surface area contributed by atoms with Crippen LogP contribution in [0.5, 0.6) is 0 Å². The number of amides is 1. The predicted octanol–water partition coefficient (Wildman–Crippen LogP) is 2.15. The van der Waals surface area contributed by atoms with Gasteiger partial charge in [0.2, 0.25) is 5.91 Å². The second kappa shape index (κ2) is 8.58. The fourth-order valence-electron chi connectivity index (χ4n) is 3.79. The van der Waals surface area contributed by atoms with Crippen LogP contribution in [0.4, 0.5) is 4.39 Å². The molecule has 2 aliphatic heterocycles. The van der Waals surface area contributed by atoms with Crippen molar-refractivity contribution >= 4 is 5.91 Å². The molecule has 5 heteroatoms. The molecule has 4 nitrogen and oxygen atoms in total. The summed E-state index contributed by atoms with van der Waals surface area (Å²) in [6.45, 7) is 5.36. The molecule has 132 valence electrons. The van der Waals surface area contributed by atoms with Crippen molar-refractivity contribution in [3.05, 3.63) is 35.6 Å². The summed E-state index contributed by atoms with van der Waals surface area (Å²) >= 11 is 0. The molecule has 24 heavy (non-hydrogen) atoms. The van der Waals surface area contributed by atoms with Crippen molar-refractivity contribution in [2.45, 2.75) is 32.2 Å². The van der Waals surface area contributed by atoms with E-state index in [0.717, 1.165) is 51.1 Å². The number of benzene rings is 1. The third kappa shape index (κ3) is 5.02. The molecule has 2 heterocycles. The van der Waals surface area contributed by atoms with Crippen LogP contribution in [0.1, 0.15) is 31.2 Å². The van der Waals surface area contributed by atoms with E-state index in [2.05, 4.69) is 15.5 Å². The normalized spacial score (nSPS) is 25.4. The number of hydrogen-bond acceptors (Lipinski definition) is 3. The second-order valence-corrected chi connectivity index (χ2v) is 7.16. The van der Waals surface area contributed by atoms with E-state index < -0.39 is 0 Å². The number of nitrogens with one attached hydrogen (secondary N) is 2. The SMILES string of the molecule is O=C(NCC1CCCNC1)C1CCCN(Cc2cccc(F)c2)C1. The average molecular weight is 333 g/mol. The van der Waals surface area contributed by atoms with Crippen LogP contribution in [0.3, 0.4) is 0 Å². The van der Waals surface area contributed by atoms with Gasteiger partial charge in [-0.1, -0.05) is 12.1 Å². The summed E-state index contributed by atoms with van der Waals surface area (Å²) in [5, 5.41) is 6.54. The van der Waals surface area contributed by atoms with Gasteiger partial charge in [-0.2, -0.15) is 0 Å². The molecule has 1 aromatic carbocycles. The Kier molecular flexibility index (Phi) is 6.21. The molecule has 2 unspecified atom stereocenters. The summed E-state index contributed by atoms with van der Waals surface area (Å²) in [6, 6.07) is 6.75. The van der Waals surface area contributed by atoms with Gasteiger partial charge in [0.05, 0.1) is 5.92 Å². The molecule has 3 rings (SSSR count). The van der Waals surface area contributed by atoms with E-state index in [1.165, 1.54) is 18.9 Å². The minimum absolute atomic E-state index is 0.0591. The van der Waals surface area contributed by atoms with Crippen LogP contribution in [0, 0.1) is 17.7 Å². The first-order valence-electron chi connectivity index (χ1n) is 9.16. The van der Waals surface area contributed by atoms with Crippen molar-refractivity contribution in [3.8, 4) is 0 Å². The molecule has 0 saturated carbocycles. The molecular formula is C19H28FN3O. The molecule has 0 bridgehead atoms. The highest BCUT2D eigenvalue weighted by Crippen LogP contribution is 2.19. The lowest BCUT2D eigenvalue weighted by molar-refractivity contribution is -0.127. The standard InChI is InChI=1S/C19H28FN3O/c20-18-7-1-4-15(10-18)13-23-9-3-6-17(14-23)19(24)22-12-16-5-2-8-21-11-16/h1,4,7,10,16-17,21H,2-3,5-6,8-9,11-14H2,(H,22,24). The molecule has 0 spiro atoms. The van der Waals surface area contributed by atoms with Crippen molar-refractivity contribution in [3.63, 3.8) is 0 Å². The van der Waals surface area contributed by atoms with Crippen molar-refractivity contribution in [2.75, 3.05) is 32.7 Å². The third-order valence-electron chi connectivity index (χ3n) is 5.14. The molecule has 2 fully saturated rings. The average Bonchev–Trinajstić information content (AvgIpc) is 2.61. The highest BCUT2D eigenvalue weighted by atomic mass is 19.1. The number of halogens is 1. The predicted molar refractivity (Wildman–Crippen MR) is 93.0 cm³/mol. The number of likely N-dealkylation sites (tertiary alicyclic amines) is 1. The van der Waals surface area contributed by atoms with Gasteiger partial charge in [-0.3, -0.25) is 9.69 Å². The van der Waals surface area contributed by atoms with Crippen molar-refractivity contribution in [1.29, 1.82) is 0 Å². The molecule has 2 saturated heterocycles. The van der Waals surface area contributed by atoms with Gasteiger partial charge in [0.15, 0.2) is 0 Å². The summed E-state index contributed by atoms with van der Waals surface area (Å²) < 4.78 is 13.3. The summed E-state index contributed by atoms with van der Waals surface area (Å²) in [6.07, 6.45) is 4.38. The minimum atomic E-state index is -0.195. The van der Waals surface area contributed by atoms with E-state index in [9.17, 15) is 9.18 Å². The van der Waals surface area contributed by atoms with E-state index in [1.54, 1.807) is 12.1 Å². The van der Waals surface area contributed by atoms with Crippen LogP contribution in [-0.4, -0.2) is 43.5 Å². The quantitative estimate of drug-likeness (QED) is 0.868. The highest BCUT2D eigenvalue weighted by molar-refractivity contribution is 5.78. The first-order chi connectivity index (χ1) is 11.7. The van der Waals surface area contributed by atoms with E-state index in [-0.39, 0.29) is 17.6 Å². The zero-order chi connectivity index (χ0) is 16.8. The van der Waals surface area contributed by atoms with Crippen LogP contribution in [0.25, 0.3) is 0 Å². The highest BCUT2D eigenvalue weighted by Gasteiger charge is 2.26. The Hall–Kier alpha value is -1.46. The number of carbonyl (C=O) groups is 1. The summed E-state index contributed by atoms with van der Waals surface area (Å²) in [4.78, 5) is 14.7. The lowest BCUT2D eigenvalue weighted by atomic mass is 9.95. The Morgan fingerprint density at radius 2 is 2.25 bits per heavy atom. The maximum Gasteiger partial charge on any atom is 0.224 e. The number of carbonyl (C=O) groups excluding carboxylic acids is 1. The van der Waals surface area contributed by atoms with Gasteiger partial charge in [-0.15, -0.1) is 0 Å². The lowest BCUT2D eigenvalue weighted by Crippen LogP contribution is -2.45. The van der Waals surface area contributed by atoms with Crippen LogP contribution < -0.4 is 10.6 Å². The van der Waals surface area contributed by atoms with Crippen molar-refractivity contribution in [2.24, 2.45) is 11.8 Å². The van der Waals surface area contributed by atoms with Crippen molar-refractivity contribution in [1.82, 2.24) is 15.5 Å². The monoisotopic (exact) mass is 333 g/mol. The van der Waals surface area contributed by atoms with E-state index in [1.807, 2.05) is 6.07 Å². The fourth-order valence-corrected chi connectivity index (χ4v) is 3.79. The van der Waals surface area contributed by atoms with Gasteiger partial charge in [0.25, 0.3) is 0 Å². The third-order valence-corrected chi connectivity index (χ3v) is 5.14. The van der Waals surface area contributed by atoms with E-state index in [4.69, 9.17) is 0 Å². The van der Waals surface area contributed by atoms with Gasteiger partial charge < -0.3 is 10.6 Å². The van der Waals surface area contributed by atoms with Gasteiger partial charge in [-0.25, -0.2) is 4.39 Å². The van der Waals surface area contributed by atoms with E-state index >= 15 is 0 Å². The molecule has 0 radical (unpaired) electrons. The van der Waals surface area contributed by atoms with Gasteiger partial charge >= 0.3 is 0 Å². The maximum absolute atomic E-state index is 13.3. The Balaban J connectivity index is 1.46. The zero-order valence-electron chi connectivity index (χ0n) is 14.3. The van der Waals surface area contributed by atoms with Crippen LogP contribution >= 0.6 is 0 Å². The number of nitrogens with zero attached hydrogens (tertiary/aromatic N) is 1. The summed E-state index contributed by atoms with van der Waals surface area (Å²) in [5.74, 6) is 0.614. The van der Waals surface area contributed by atoms with Gasteiger partial charge in [0.1, 0.15) is 5.82 Å². The fraction of sp³-hybridized carbons (Fsp3) is 0.632.